The Balaban J connectivity index is 2.15. The van der Waals surface area contributed by atoms with Gasteiger partial charge in [-0.2, -0.15) is 5.10 Å². The lowest BCUT2D eigenvalue weighted by Crippen LogP contribution is -2.24. The number of hydrogen-bond donors (Lipinski definition) is 1. The highest BCUT2D eigenvalue weighted by atomic mass is 79.9. The van der Waals surface area contributed by atoms with E-state index in [0.717, 1.165) is 21.3 Å². The number of aromatic nitrogens is 3. The van der Waals surface area contributed by atoms with Gasteiger partial charge in [-0.05, 0) is 44.0 Å². The summed E-state index contributed by atoms with van der Waals surface area (Å²) in [5, 5.41) is 6.86. The number of amides is 1. The fourth-order valence-electron chi connectivity index (χ4n) is 1.80. The molecule has 2 rings (SSSR count). The van der Waals surface area contributed by atoms with Crippen molar-refractivity contribution < 1.29 is 4.79 Å². The van der Waals surface area contributed by atoms with Crippen LogP contribution in [0.2, 0.25) is 0 Å². The van der Waals surface area contributed by atoms with Gasteiger partial charge in [-0.1, -0.05) is 15.9 Å². The molecule has 2 aromatic rings. The second-order valence-corrected chi connectivity index (χ2v) is 5.26. The van der Waals surface area contributed by atoms with Gasteiger partial charge in [0.15, 0.2) is 0 Å². The molecule has 1 heterocycles. The predicted octanol–water partition coefficient (Wildman–Crippen LogP) is 2.86. The molecule has 0 aliphatic heterocycles. The Labute approximate surface area is 120 Å². The van der Waals surface area contributed by atoms with Crippen LogP contribution in [-0.4, -0.2) is 20.7 Å². The minimum Gasteiger partial charge on any atom is -0.324 e. The van der Waals surface area contributed by atoms with Crippen LogP contribution in [0.25, 0.3) is 0 Å². The average molecular weight is 323 g/mol. The van der Waals surface area contributed by atoms with Crippen molar-refractivity contribution in [3.05, 3.63) is 40.4 Å². The molecule has 100 valence electrons. The number of benzene rings is 1. The highest BCUT2D eigenvalue weighted by Crippen LogP contribution is 2.25. The van der Waals surface area contributed by atoms with Crippen LogP contribution < -0.4 is 5.32 Å². The predicted molar refractivity (Wildman–Crippen MR) is 77.0 cm³/mol. The smallest absolute Gasteiger partial charge is 0.249 e. The fourth-order valence-corrected chi connectivity index (χ4v) is 2.03. The third-order valence-corrected chi connectivity index (χ3v) is 4.17. The van der Waals surface area contributed by atoms with Crippen molar-refractivity contribution in [1.29, 1.82) is 0 Å². The SMILES string of the molecule is Cc1cc(NC(=O)C(C)n2cncn2)cc(C)c1Br. The first kappa shape index (κ1) is 13.7. The second-order valence-electron chi connectivity index (χ2n) is 4.46. The molecule has 5 nitrogen and oxygen atoms in total. The molecule has 1 N–H and O–H groups in total. The van der Waals surface area contributed by atoms with Gasteiger partial charge in [0.1, 0.15) is 18.7 Å². The number of carbonyl (C=O) groups is 1. The van der Waals surface area contributed by atoms with Gasteiger partial charge >= 0.3 is 0 Å². The molecule has 0 saturated carbocycles. The van der Waals surface area contributed by atoms with Gasteiger partial charge in [-0.3, -0.25) is 4.79 Å². The maximum Gasteiger partial charge on any atom is 0.249 e. The monoisotopic (exact) mass is 322 g/mol. The topological polar surface area (TPSA) is 59.8 Å². The lowest BCUT2D eigenvalue weighted by molar-refractivity contribution is -0.119. The van der Waals surface area contributed by atoms with Crippen LogP contribution in [0.4, 0.5) is 5.69 Å². The van der Waals surface area contributed by atoms with Crippen molar-refractivity contribution in [2.45, 2.75) is 26.8 Å². The van der Waals surface area contributed by atoms with Crippen molar-refractivity contribution in [1.82, 2.24) is 14.8 Å². The van der Waals surface area contributed by atoms with Crippen LogP contribution in [-0.2, 0) is 4.79 Å². The van der Waals surface area contributed by atoms with E-state index < -0.39 is 6.04 Å². The van der Waals surface area contributed by atoms with Crippen LogP contribution in [0.3, 0.4) is 0 Å². The van der Waals surface area contributed by atoms with E-state index in [4.69, 9.17) is 0 Å². The molecule has 1 aromatic carbocycles. The van der Waals surface area contributed by atoms with E-state index in [2.05, 4.69) is 31.3 Å². The largest absolute Gasteiger partial charge is 0.324 e. The van der Waals surface area contributed by atoms with Crippen molar-refractivity contribution in [3.63, 3.8) is 0 Å². The first-order valence-electron chi connectivity index (χ1n) is 5.90. The number of nitrogens with one attached hydrogen (secondary N) is 1. The van der Waals surface area contributed by atoms with Crippen LogP contribution in [0, 0.1) is 13.8 Å². The highest BCUT2D eigenvalue weighted by Gasteiger charge is 2.16. The van der Waals surface area contributed by atoms with Crippen molar-refractivity contribution in [2.24, 2.45) is 0 Å². The summed E-state index contributed by atoms with van der Waals surface area (Å²) >= 11 is 3.50. The highest BCUT2D eigenvalue weighted by molar-refractivity contribution is 9.10. The first-order valence-corrected chi connectivity index (χ1v) is 6.70. The van der Waals surface area contributed by atoms with Gasteiger partial charge in [0, 0.05) is 10.2 Å². The van der Waals surface area contributed by atoms with Crippen molar-refractivity contribution >= 4 is 27.5 Å². The molecule has 0 radical (unpaired) electrons. The van der Waals surface area contributed by atoms with Gasteiger partial charge in [-0.25, -0.2) is 9.67 Å². The van der Waals surface area contributed by atoms with Gasteiger partial charge < -0.3 is 5.32 Å². The zero-order valence-electron chi connectivity index (χ0n) is 11.0. The molecule has 1 atom stereocenters. The zero-order chi connectivity index (χ0) is 14.0. The third kappa shape index (κ3) is 3.01. The second kappa shape index (κ2) is 5.52. The number of aryl methyl sites for hydroxylation is 2. The molecule has 0 aliphatic carbocycles. The van der Waals surface area contributed by atoms with Gasteiger partial charge in [0.05, 0.1) is 0 Å². The van der Waals surface area contributed by atoms with E-state index in [-0.39, 0.29) is 5.91 Å². The molecule has 19 heavy (non-hydrogen) atoms. The standard InChI is InChI=1S/C13H15BrN4O/c1-8-4-11(5-9(2)12(8)14)17-13(19)10(3)18-7-15-6-16-18/h4-7,10H,1-3H3,(H,17,19). The molecule has 0 bridgehead atoms. The molecule has 6 heteroatoms. The Hall–Kier alpha value is -1.69. The summed E-state index contributed by atoms with van der Waals surface area (Å²) in [5.41, 5.74) is 2.96. The van der Waals surface area contributed by atoms with E-state index in [1.54, 1.807) is 6.92 Å². The molecule has 0 fully saturated rings. The Kier molecular flexibility index (Phi) is 3.99. The number of halogens is 1. The Morgan fingerprint density at radius 2 is 2.00 bits per heavy atom. The number of rotatable bonds is 3. The van der Waals surface area contributed by atoms with Crippen molar-refractivity contribution in [3.8, 4) is 0 Å². The normalized spacial score (nSPS) is 12.2. The number of hydrogen-bond acceptors (Lipinski definition) is 3. The van der Waals surface area contributed by atoms with Crippen LogP contribution >= 0.6 is 15.9 Å². The summed E-state index contributed by atoms with van der Waals surface area (Å²) in [7, 11) is 0. The van der Waals surface area contributed by atoms with Crippen LogP contribution in [0.1, 0.15) is 24.1 Å². The fraction of sp³-hybridized carbons (Fsp3) is 0.308. The maximum atomic E-state index is 12.1. The minimum atomic E-state index is -0.397. The summed E-state index contributed by atoms with van der Waals surface area (Å²) in [6, 6.07) is 3.47. The van der Waals surface area contributed by atoms with Crippen LogP contribution in [0.5, 0.6) is 0 Å². The molecule has 1 aromatic heterocycles. The minimum absolute atomic E-state index is 0.119. The molecular weight excluding hydrogens is 308 g/mol. The van der Waals surface area contributed by atoms with E-state index in [1.807, 2.05) is 26.0 Å². The lowest BCUT2D eigenvalue weighted by Gasteiger charge is -2.13. The summed E-state index contributed by atoms with van der Waals surface area (Å²) in [5.74, 6) is -0.119. The summed E-state index contributed by atoms with van der Waals surface area (Å²) in [4.78, 5) is 15.9. The van der Waals surface area contributed by atoms with E-state index in [0.29, 0.717) is 0 Å². The first-order chi connectivity index (χ1) is 8.99. The number of carbonyl (C=O) groups excluding carboxylic acids is 1. The number of nitrogens with zero attached hydrogens (tertiary/aromatic N) is 3. The summed E-state index contributed by atoms with van der Waals surface area (Å²) < 4.78 is 2.59. The average Bonchev–Trinajstić information content (AvgIpc) is 2.88. The van der Waals surface area contributed by atoms with E-state index in [1.165, 1.54) is 17.3 Å². The molecule has 1 unspecified atom stereocenters. The lowest BCUT2D eigenvalue weighted by atomic mass is 10.1. The quantitative estimate of drug-likeness (QED) is 0.945. The maximum absolute atomic E-state index is 12.1. The summed E-state index contributed by atoms with van der Waals surface area (Å²) in [6.45, 7) is 5.77. The van der Waals surface area contributed by atoms with Crippen molar-refractivity contribution in [2.75, 3.05) is 5.32 Å². The van der Waals surface area contributed by atoms with Crippen LogP contribution in [0.15, 0.2) is 29.3 Å². The molecular formula is C13H15BrN4O. The third-order valence-electron chi connectivity index (χ3n) is 2.92. The Bertz CT molecular complexity index is 572. The van der Waals surface area contributed by atoms with Gasteiger partial charge in [0.2, 0.25) is 5.91 Å². The summed E-state index contributed by atoms with van der Waals surface area (Å²) in [6.07, 6.45) is 2.94. The van der Waals surface area contributed by atoms with E-state index in [9.17, 15) is 4.79 Å². The number of anilines is 1. The molecule has 0 spiro atoms. The molecule has 0 aliphatic rings. The Morgan fingerprint density at radius 3 is 2.53 bits per heavy atom. The van der Waals surface area contributed by atoms with Gasteiger partial charge in [0.25, 0.3) is 0 Å². The molecule has 0 saturated heterocycles. The molecule has 1 amide bonds. The van der Waals surface area contributed by atoms with Gasteiger partial charge in [-0.15, -0.1) is 0 Å². The Morgan fingerprint density at radius 1 is 1.37 bits per heavy atom. The zero-order valence-corrected chi connectivity index (χ0v) is 12.6. The van der Waals surface area contributed by atoms with E-state index >= 15 is 0 Å².